The highest BCUT2D eigenvalue weighted by Crippen LogP contribution is 2.37. The number of aromatic nitrogens is 4. The molecule has 2 unspecified atom stereocenters. The average Bonchev–Trinajstić information content (AvgIpc) is 3.48. The molecule has 6 rings (SSSR count). The molecular formula is C28H28FN5O4. The average molecular weight is 518 g/mol. The van der Waals surface area contributed by atoms with Crippen LogP contribution < -0.4 is 15.2 Å². The van der Waals surface area contributed by atoms with E-state index < -0.39 is 12.3 Å². The van der Waals surface area contributed by atoms with Crippen molar-refractivity contribution in [2.24, 2.45) is 5.92 Å². The fourth-order valence-corrected chi connectivity index (χ4v) is 5.65. The molecule has 196 valence electrons. The Morgan fingerprint density at radius 3 is 2.50 bits per heavy atom. The Labute approximate surface area is 218 Å². The summed E-state index contributed by atoms with van der Waals surface area (Å²) < 4.78 is 22.9. The Kier molecular flexibility index (Phi) is 6.09. The van der Waals surface area contributed by atoms with E-state index in [1.165, 1.54) is 6.92 Å². The van der Waals surface area contributed by atoms with Crippen LogP contribution in [0, 0.1) is 5.92 Å². The second-order valence-corrected chi connectivity index (χ2v) is 9.88. The van der Waals surface area contributed by atoms with Gasteiger partial charge in [0.1, 0.15) is 5.75 Å². The first kappa shape index (κ1) is 24.1. The lowest BCUT2D eigenvalue weighted by molar-refractivity contribution is -0.142. The second-order valence-electron chi connectivity index (χ2n) is 9.88. The zero-order valence-corrected chi connectivity index (χ0v) is 21.0. The summed E-state index contributed by atoms with van der Waals surface area (Å²) in [4.78, 5) is 35.5. The number of nitrogens with zero attached hydrogens (tertiary/aromatic N) is 5. The van der Waals surface area contributed by atoms with Gasteiger partial charge < -0.3 is 14.7 Å². The van der Waals surface area contributed by atoms with Crippen LogP contribution >= 0.6 is 0 Å². The van der Waals surface area contributed by atoms with Gasteiger partial charge in [-0.3, -0.25) is 14.3 Å². The summed E-state index contributed by atoms with van der Waals surface area (Å²) in [7, 11) is 0. The molecule has 1 fully saturated rings. The standard InChI is InChI=1S/C28H28FN5O4/c1-17(29)38-25-5-3-2-4-21(25)23-10-13-33-26(35)22-7-6-19(14-24(22)34(23)33)20-15-30-28(31-16-20)32-11-8-18(9-12-32)27(36)37/h2-7,14-18,23H,8-13H2,1H3,(H,36,37). The minimum Gasteiger partial charge on any atom is -0.481 e. The Hall–Kier alpha value is -4.21. The lowest BCUT2D eigenvalue weighted by Gasteiger charge is -2.30. The molecule has 2 atom stereocenters. The lowest BCUT2D eigenvalue weighted by Crippen LogP contribution is -2.37. The van der Waals surface area contributed by atoms with E-state index >= 15 is 0 Å². The van der Waals surface area contributed by atoms with Crippen molar-refractivity contribution in [3.05, 3.63) is 70.8 Å². The Bertz CT molecular complexity index is 1550. The molecule has 4 heterocycles. The van der Waals surface area contributed by atoms with E-state index in [2.05, 4.69) is 9.97 Å². The highest BCUT2D eigenvalue weighted by molar-refractivity contribution is 5.84. The van der Waals surface area contributed by atoms with E-state index in [-0.39, 0.29) is 17.5 Å². The predicted octanol–water partition coefficient (Wildman–Crippen LogP) is 4.25. The maximum absolute atomic E-state index is 13.7. The van der Waals surface area contributed by atoms with Crippen molar-refractivity contribution >= 4 is 22.8 Å². The number of ether oxygens (including phenoxy) is 1. The first-order chi connectivity index (χ1) is 18.4. The van der Waals surface area contributed by atoms with Crippen LogP contribution in [0.3, 0.4) is 0 Å². The number of hydrogen-bond donors (Lipinski definition) is 1. The van der Waals surface area contributed by atoms with Crippen LogP contribution in [0.25, 0.3) is 22.0 Å². The Morgan fingerprint density at radius 2 is 1.79 bits per heavy atom. The lowest BCUT2D eigenvalue weighted by atomic mass is 9.97. The number of anilines is 1. The van der Waals surface area contributed by atoms with Gasteiger partial charge in [-0.2, -0.15) is 0 Å². The van der Waals surface area contributed by atoms with Crippen molar-refractivity contribution < 1.29 is 19.0 Å². The monoisotopic (exact) mass is 517 g/mol. The molecule has 0 aliphatic carbocycles. The number of halogens is 1. The van der Waals surface area contributed by atoms with Gasteiger partial charge in [0.15, 0.2) is 0 Å². The number of rotatable bonds is 6. The number of benzene rings is 2. The molecule has 0 radical (unpaired) electrons. The number of aliphatic carboxylic acids is 1. The normalized spacial score (nSPS) is 18.5. The third kappa shape index (κ3) is 4.19. The number of para-hydroxylation sites is 1. The molecule has 1 saturated heterocycles. The number of hydrogen-bond acceptors (Lipinski definition) is 6. The Morgan fingerprint density at radius 1 is 1.05 bits per heavy atom. The van der Waals surface area contributed by atoms with Gasteiger partial charge in [-0.25, -0.2) is 19.0 Å². The quantitative estimate of drug-likeness (QED) is 0.408. The fourth-order valence-electron chi connectivity index (χ4n) is 5.65. The summed E-state index contributed by atoms with van der Waals surface area (Å²) in [5.74, 6) is -0.00323. The Balaban J connectivity index is 1.32. The number of alkyl halides is 1. The van der Waals surface area contributed by atoms with Gasteiger partial charge in [0.2, 0.25) is 12.3 Å². The molecule has 0 saturated carbocycles. The maximum atomic E-state index is 13.7. The number of fused-ring (bicyclic) bond motifs is 3. The number of carboxylic acid groups (broad SMARTS) is 1. The largest absolute Gasteiger partial charge is 0.481 e. The molecule has 2 aliphatic rings. The highest BCUT2D eigenvalue weighted by Gasteiger charge is 2.30. The third-order valence-electron chi connectivity index (χ3n) is 7.55. The van der Waals surface area contributed by atoms with Gasteiger partial charge >= 0.3 is 5.97 Å². The number of piperidine rings is 1. The van der Waals surface area contributed by atoms with E-state index in [0.717, 1.165) is 22.2 Å². The number of carboxylic acids is 1. The molecule has 0 bridgehead atoms. The van der Waals surface area contributed by atoms with Gasteiger partial charge in [0.05, 0.1) is 22.9 Å². The van der Waals surface area contributed by atoms with E-state index in [0.29, 0.717) is 56.0 Å². The van der Waals surface area contributed by atoms with Crippen LogP contribution in [0.1, 0.15) is 37.8 Å². The second kappa shape index (κ2) is 9.59. The molecule has 9 nitrogen and oxygen atoms in total. The van der Waals surface area contributed by atoms with E-state index in [4.69, 9.17) is 4.74 Å². The minimum absolute atomic E-state index is 0.0531. The first-order valence-electron chi connectivity index (χ1n) is 12.9. The molecule has 10 heteroatoms. The van der Waals surface area contributed by atoms with E-state index in [9.17, 15) is 19.1 Å². The predicted molar refractivity (Wildman–Crippen MR) is 140 cm³/mol. The van der Waals surface area contributed by atoms with Crippen molar-refractivity contribution in [3.63, 3.8) is 0 Å². The third-order valence-corrected chi connectivity index (χ3v) is 7.55. The zero-order chi connectivity index (χ0) is 26.4. The highest BCUT2D eigenvalue weighted by atomic mass is 19.1. The van der Waals surface area contributed by atoms with Gasteiger partial charge in [0, 0.05) is 50.1 Å². The van der Waals surface area contributed by atoms with Gasteiger partial charge in [-0.05, 0) is 43.0 Å². The van der Waals surface area contributed by atoms with E-state index in [1.54, 1.807) is 23.1 Å². The van der Waals surface area contributed by atoms with Crippen LogP contribution in [0.4, 0.5) is 10.3 Å². The van der Waals surface area contributed by atoms with Crippen molar-refractivity contribution in [1.82, 2.24) is 19.3 Å². The maximum Gasteiger partial charge on any atom is 0.306 e. The summed E-state index contributed by atoms with van der Waals surface area (Å²) in [6, 6.07) is 12.9. The SMILES string of the molecule is CC(F)Oc1ccccc1C1CCn2c(=O)c3ccc(-c4cnc(N5CCC(C(=O)O)CC5)nc4)cc3n21. The van der Waals surface area contributed by atoms with Crippen LogP contribution in [0.2, 0.25) is 0 Å². The van der Waals surface area contributed by atoms with Crippen molar-refractivity contribution in [3.8, 4) is 16.9 Å². The van der Waals surface area contributed by atoms with Crippen LogP contribution in [-0.2, 0) is 11.3 Å². The summed E-state index contributed by atoms with van der Waals surface area (Å²) in [6.45, 7) is 3.12. The molecule has 2 aromatic heterocycles. The summed E-state index contributed by atoms with van der Waals surface area (Å²) >= 11 is 0. The molecular weight excluding hydrogens is 489 g/mol. The van der Waals surface area contributed by atoms with Crippen LogP contribution in [0.15, 0.2) is 59.7 Å². The molecule has 4 aromatic rings. The smallest absolute Gasteiger partial charge is 0.306 e. The molecule has 0 spiro atoms. The van der Waals surface area contributed by atoms with Crippen molar-refractivity contribution in [2.45, 2.75) is 45.1 Å². The molecule has 38 heavy (non-hydrogen) atoms. The summed E-state index contributed by atoms with van der Waals surface area (Å²) in [5.41, 5.74) is 3.27. The minimum atomic E-state index is -1.45. The molecule has 0 amide bonds. The molecule has 1 N–H and O–H groups in total. The topological polar surface area (TPSA) is 102 Å². The summed E-state index contributed by atoms with van der Waals surface area (Å²) in [5, 5.41) is 9.85. The zero-order valence-electron chi connectivity index (χ0n) is 21.0. The van der Waals surface area contributed by atoms with Gasteiger partial charge in [0.25, 0.3) is 5.56 Å². The van der Waals surface area contributed by atoms with Crippen LogP contribution in [-0.4, -0.2) is 49.9 Å². The molecule has 2 aromatic carbocycles. The van der Waals surface area contributed by atoms with Gasteiger partial charge in [-0.15, -0.1) is 0 Å². The van der Waals surface area contributed by atoms with Crippen molar-refractivity contribution in [1.29, 1.82) is 0 Å². The van der Waals surface area contributed by atoms with E-state index in [1.807, 2.05) is 46.0 Å². The summed E-state index contributed by atoms with van der Waals surface area (Å²) in [6.07, 6.45) is 3.92. The van der Waals surface area contributed by atoms with Crippen molar-refractivity contribution in [2.75, 3.05) is 18.0 Å². The molecule has 2 aliphatic heterocycles. The van der Waals surface area contributed by atoms with Crippen LogP contribution in [0.5, 0.6) is 5.75 Å². The number of carbonyl (C=O) groups is 1. The first-order valence-corrected chi connectivity index (χ1v) is 12.9. The van der Waals surface area contributed by atoms with Gasteiger partial charge in [-0.1, -0.05) is 24.3 Å². The fraction of sp³-hybridized carbons (Fsp3) is 0.357.